The van der Waals surface area contributed by atoms with Crippen LogP contribution in [0.3, 0.4) is 0 Å². The van der Waals surface area contributed by atoms with Crippen molar-refractivity contribution in [3.63, 3.8) is 0 Å². The maximum atomic E-state index is 11.9. The first kappa shape index (κ1) is 15.5. The van der Waals surface area contributed by atoms with Crippen LogP contribution in [0.1, 0.15) is 21.6 Å². The van der Waals surface area contributed by atoms with E-state index in [0.717, 1.165) is 5.69 Å². The van der Waals surface area contributed by atoms with Gasteiger partial charge in [0.15, 0.2) is 11.5 Å². The number of ether oxygens (including phenoxy) is 2. The summed E-state index contributed by atoms with van der Waals surface area (Å²) in [6.07, 6.45) is 3.01. The third-order valence-electron chi connectivity index (χ3n) is 2.98. The van der Waals surface area contributed by atoms with Crippen LogP contribution < -0.4 is 14.9 Å². The number of hydrazone groups is 1. The van der Waals surface area contributed by atoms with Crippen molar-refractivity contribution in [3.05, 3.63) is 53.3 Å². The number of aromatic nitrogens is 1. The van der Waals surface area contributed by atoms with Crippen LogP contribution in [0.4, 0.5) is 0 Å². The Morgan fingerprint density at radius 2 is 2.05 bits per heavy atom. The SMILES string of the molecule is COc1cccc(C=NNC(=O)c2ccc(C)nc2)c1OC. The Morgan fingerprint density at radius 1 is 1.23 bits per heavy atom. The van der Waals surface area contributed by atoms with E-state index in [1.807, 2.05) is 19.1 Å². The van der Waals surface area contributed by atoms with E-state index >= 15 is 0 Å². The van der Waals surface area contributed by atoms with Gasteiger partial charge in [0.25, 0.3) is 5.91 Å². The highest BCUT2D eigenvalue weighted by Gasteiger charge is 2.08. The second-order valence-electron chi connectivity index (χ2n) is 4.47. The van der Waals surface area contributed by atoms with E-state index in [0.29, 0.717) is 22.6 Å². The van der Waals surface area contributed by atoms with Gasteiger partial charge in [0.05, 0.1) is 26.0 Å². The van der Waals surface area contributed by atoms with E-state index < -0.39 is 0 Å². The molecule has 0 aliphatic heterocycles. The Balaban J connectivity index is 2.09. The molecule has 1 aromatic heterocycles. The smallest absolute Gasteiger partial charge is 0.272 e. The monoisotopic (exact) mass is 299 g/mol. The fraction of sp³-hybridized carbons (Fsp3) is 0.188. The van der Waals surface area contributed by atoms with Gasteiger partial charge < -0.3 is 9.47 Å². The van der Waals surface area contributed by atoms with Crippen molar-refractivity contribution in [2.24, 2.45) is 5.10 Å². The number of para-hydroxylation sites is 1. The van der Waals surface area contributed by atoms with Crippen molar-refractivity contribution in [3.8, 4) is 11.5 Å². The molecule has 0 saturated heterocycles. The van der Waals surface area contributed by atoms with Gasteiger partial charge in [-0.2, -0.15) is 5.10 Å². The standard InChI is InChI=1S/C16H17N3O3/c1-11-7-8-13(9-17-11)16(20)19-18-10-12-5-4-6-14(21-2)15(12)22-3/h4-10H,1-3H3,(H,19,20). The third kappa shape index (κ3) is 3.60. The maximum absolute atomic E-state index is 11.9. The molecular weight excluding hydrogens is 282 g/mol. The highest BCUT2D eigenvalue weighted by molar-refractivity contribution is 5.94. The molecule has 0 unspecified atom stereocenters. The fourth-order valence-electron chi connectivity index (χ4n) is 1.84. The average Bonchev–Trinajstić information content (AvgIpc) is 2.55. The van der Waals surface area contributed by atoms with Gasteiger partial charge in [0.2, 0.25) is 0 Å². The number of hydrogen-bond acceptors (Lipinski definition) is 5. The van der Waals surface area contributed by atoms with Crippen LogP contribution in [0.5, 0.6) is 11.5 Å². The molecule has 2 rings (SSSR count). The number of benzene rings is 1. The fourth-order valence-corrected chi connectivity index (χ4v) is 1.84. The average molecular weight is 299 g/mol. The van der Waals surface area contributed by atoms with Crippen molar-refractivity contribution in [2.45, 2.75) is 6.92 Å². The van der Waals surface area contributed by atoms with Gasteiger partial charge in [-0.1, -0.05) is 6.07 Å². The summed E-state index contributed by atoms with van der Waals surface area (Å²) in [6.45, 7) is 1.86. The summed E-state index contributed by atoms with van der Waals surface area (Å²) in [4.78, 5) is 16.0. The number of carbonyl (C=O) groups excluding carboxylic acids is 1. The number of nitrogens with one attached hydrogen (secondary N) is 1. The number of hydrogen-bond donors (Lipinski definition) is 1. The summed E-state index contributed by atoms with van der Waals surface area (Å²) < 4.78 is 10.5. The van der Waals surface area contributed by atoms with Gasteiger partial charge in [-0.05, 0) is 31.2 Å². The van der Waals surface area contributed by atoms with Crippen LogP contribution in [0.2, 0.25) is 0 Å². The minimum absolute atomic E-state index is 0.328. The molecule has 1 heterocycles. The number of nitrogens with zero attached hydrogens (tertiary/aromatic N) is 2. The van der Waals surface area contributed by atoms with Gasteiger partial charge in [-0.25, -0.2) is 5.43 Å². The van der Waals surface area contributed by atoms with Crippen molar-refractivity contribution in [1.82, 2.24) is 10.4 Å². The van der Waals surface area contributed by atoms with Crippen LogP contribution >= 0.6 is 0 Å². The largest absolute Gasteiger partial charge is 0.493 e. The molecule has 6 heteroatoms. The number of carbonyl (C=O) groups is 1. The van der Waals surface area contributed by atoms with Crippen LogP contribution in [0.15, 0.2) is 41.6 Å². The van der Waals surface area contributed by atoms with Gasteiger partial charge in [-0.3, -0.25) is 9.78 Å². The Morgan fingerprint density at radius 3 is 2.68 bits per heavy atom. The highest BCUT2D eigenvalue weighted by atomic mass is 16.5. The second kappa shape index (κ2) is 7.21. The minimum Gasteiger partial charge on any atom is -0.493 e. The quantitative estimate of drug-likeness (QED) is 0.678. The van der Waals surface area contributed by atoms with Crippen molar-refractivity contribution >= 4 is 12.1 Å². The number of pyridine rings is 1. The maximum Gasteiger partial charge on any atom is 0.272 e. The Bertz CT molecular complexity index is 682. The van der Waals surface area contributed by atoms with Crippen LogP contribution in [-0.2, 0) is 0 Å². The molecule has 1 N–H and O–H groups in total. The number of rotatable bonds is 5. The summed E-state index contributed by atoms with van der Waals surface area (Å²) in [5.41, 5.74) is 4.44. The molecule has 0 aliphatic rings. The Kier molecular flexibility index (Phi) is 5.08. The Labute approximate surface area is 128 Å². The molecule has 22 heavy (non-hydrogen) atoms. The third-order valence-corrected chi connectivity index (χ3v) is 2.98. The zero-order chi connectivity index (χ0) is 15.9. The van der Waals surface area contributed by atoms with Gasteiger partial charge >= 0.3 is 0 Å². The molecule has 0 atom stereocenters. The van der Waals surface area contributed by atoms with E-state index in [-0.39, 0.29) is 5.91 Å². The van der Waals surface area contributed by atoms with E-state index in [9.17, 15) is 4.79 Å². The van der Waals surface area contributed by atoms with Crippen molar-refractivity contribution in [2.75, 3.05) is 14.2 Å². The predicted octanol–water partition coefficient (Wildman–Crippen LogP) is 2.17. The van der Waals surface area contributed by atoms with Crippen LogP contribution in [-0.4, -0.2) is 31.3 Å². The molecule has 0 saturated carbocycles. The lowest BCUT2D eigenvalue weighted by Crippen LogP contribution is -2.17. The van der Waals surface area contributed by atoms with E-state index in [4.69, 9.17) is 9.47 Å². The highest BCUT2D eigenvalue weighted by Crippen LogP contribution is 2.29. The van der Waals surface area contributed by atoms with Crippen LogP contribution in [0.25, 0.3) is 0 Å². The minimum atomic E-state index is -0.328. The lowest BCUT2D eigenvalue weighted by atomic mass is 10.2. The number of aryl methyl sites for hydroxylation is 1. The molecule has 1 amide bonds. The van der Waals surface area contributed by atoms with Gasteiger partial charge in [0, 0.05) is 17.5 Å². The molecule has 114 valence electrons. The van der Waals surface area contributed by atoms with E-state index in [1.54, 1.807) is 32.4 Å². The van der Waals surface area contributed by atoms with E-state index in [2.05, 4.69) is 15.5 Å². The summed E-state index contributed by atoms with van der Waals surface area (Å²) in [5, 5.41) is 3.94. The summed E-state index contributed by atoms with van der Waals surface area (Å²) in [5.74, 6) is 0.825. The van der Waals surface area contributed by atoms with Crippen LogP contribution in [0, 0.1) is 6.92 Å². The molecule has 2 aromatic rings. The molecule has 0 bridgehead atoms. The topological polar surface area (TPSA) is 72.8 Å². The molecule has 0 spiro atoms. The zero-order valence-electron chi connectivity index (χ0n) is 12.7. The number of amides is 1. The first-order valence-electron chi connectivity index (χ1n) is 6.62. The Hall–Kier alpha value is -2.89. The summed E-state index contributed by atoms with van der Waals surface area (Å²) >= 11 is 0. The molecular formula is C16H17N3O3. The van der Waals surface area contributed by atoms with Gasteiger partial charge in [-0.15, -0.1) is 0 Å². The zero-order valence-corrected chi connectivity index (χ0v) is 12.7. The van der Waals surface area contributed by atoms with E-state index in [1.165, 1.54) is 12.4 Å². The lowest BCUT2D eigenvalue weighted by molar-refractivity contribution is 0.0955. The summed E-state index contributed by atoms with van der Waals surface area (Å²) in [6, 6.07) is 8.87. The summed E-state index contributed by atoms with van der Waals surface area (Å²) in [7, 11) is 3.11. The van der Waals surface area contributed by atoms with Gasteiger partial charge in [0.1, 0.15) is 0 Å². The molecule has 0 radical (unpaired) electrons. The number of methoxy groups -OCH3 is 2. The van der Waals surface area contributed by atoms with Crippen molar-refractivity contribution in [1.29, 1.82) is 0 Å². The molecule has 0 fully saturated rings. The first-order valence-corrected chi connectivity index (χ1v) is 6.62. The molecule has 0 aliphatic carbocycles. The second-order valence-corrected chi connectivity index (χ2v) is 4.47. The molecule has 6 nitrogen and oxygen atoms in total. The van der Waals surface area contributed by atoms with Crippen molar-refractivity contribution < 1.29 is 14.3 Å². The normalized spacial score (nSPS) is 10.5. The molecule has 1 aromatic carbocycles. The lowest BCUT2D eigenvalue weighted by Gasteiger charge is -2.09. The first-order chi connectivity index (χ1) is 10.7. The predicted molar refractivity (Wildman–Crippen MR) is 83.6 cm³/mol.